The van der Waals surface area contributed by atoms with E-state index in [0.29, 0.717) is 0 Å². The van der Waals surface area contributed by atoms with Gasteiger partial charge in [0.25, 0.3) is 0 Å². The minimum atomic E-state index is -0.482. The van der Waals surface area contributed by atoms with Gasteiger partial charge in [-0.05, 0) is 33.6 Å². The molecule has 6 nitrogen and oxygen atoms in total. The summed E-state index contributed by atoms with van der Waals surface area (Å²) in [6.07, 6.45) is 1.22. The third-order valence-electron chi connectivity index (χ3n) is 3.19. The Bertz CT molecular complexity index is 279. The number of carbonyl (C=O) groups excluding carboxylic acids is 1. The molecule has 0 aromatic carbocycles. The van der Waals surface area contributed by atoms with Gasteiger partial charge < -0.3 is 20.3 Å². The lowest BCUT2D eigenvalue weighted by molar-refractivity contribution is 0.0381. The zero-order valence-electron chi connectivity index (χ0n) is 12.1. The quantitative estimate of drug-likeness (QED) is 0.688. The third kappa shape index (κ3) is 5.76. The van der Waals surface area contributed by atoms with Gasteiger partial charge in [0.05, 0.1) is 19.3 Å². The number of nitrogens with one attached hydrogen (secondary N) is 1. The van der Waals surface area contributed by atoms with Crippen molar-refractivity contribution in [1.29, 1.82) is 0 Å². The molecule has 19 heavy (non-hydrogen) atoms. The number of likely N-dealkylation sites (tertiary alicyclic amines) is 1. The van der Waals surface area contributed by atoms with Gasteiger partial charge in [0.15, 0.2) is 0 Å². The molecule has 0 aromatic heterocycles. The van der Waals surface area contributed by atoms with Crippen LogP contribution in [-0.2, 0) is 4.74 Å². The van der Waals surface area contributed by atoms with E-state index >= 15 is 0 Å². The smallest absolute Gasteiger partial charge is 0.407 e. The highest BCUT2D eigenvalue weighted by molar-refractivity contribution is 5.68. The first-order valence-electron chi connectivity index (χ1n) is 6.81. The van der Waals surface area contributed by atoms with Gasteiger partial charge in [0.1, 0.15) is 5.60 Å². The van der Waals surface area contributed by atoms with Crippen molar-refractivity contribution in [2.24, 2.45) is 0 Å². The van der Waals surface area contributed by atoms with E-state index in [-0.39, 0.29) is 31.4 Å². The van der Waals surface area contributed by atoms with Gasteiger partial charge in [0.2, 0.25) is 0 Å². The fourth-order valence-corrected chi connectivity index (χ4v) is 2.17. The molecule has 0 spiro atoms. The number of hydrogen-bond donors (Lipinski definition) is 3. The number of rotatable bonds is 4. The monoisotopic (exact) mass is 274 g/mol. The van der Waals surface area contributed by atoms with Crippen LogP contribution in [0.4, 0.5) is 4.79 Å². The van der Waals surface area contributed by atoms with E-state index < -0.39 is 5.60 Å². The van der Waals surface area contributed by atoms with Gasteiger partial charge in [-0.1, -0.05) is 0 Å². The molecule has 0 atom stereocenters. The summed E-state index contributed by atoms with van der Waals surface area (Å²) >= 11 is 0. The van der Waals surface area contributed by atoms with Crippen molar-refractivity contribution >= 4 is 6.09 Å². The molecular weight excluding hydrogens is 248 g/mol. The van der Waals surface area contributed by atoms with Crippen LogP contribution in [0.3, 0.4) is 0 Å². The molecule has 3 N–H and O–H groups in total. The molecular formula is C13H26N2O4. The van der Waals surface area contributed by atoms with E-state index in [2.05, 4.69) is 5.32 Å². The number of hydrogen-bond acceptors (Lipinski definition) is 5. The summed E-state index contributed by atoms with van der Waals surface area (Å²) in [5.74, 6) is 0. The van der Waals surface area contributed by atoms with Crippen LogP contribution in [0, 0.1) is 0 Å². The second-order valence-corrected chi connectivity index (χ2v) is 5.98. The minimum Gasteiger partial charge on any atom is -0.444 e. The Balaban J connectivity index is 2.32. The summed E-state index contributed by atoms with van der Waals surface area (Å²) in [4.78, 5) is 13.7. The van der Waals surface area contributed by atoms with Crippen molar-refractivity contribution in [3.63, 3.8) is 0 Å². The molecule has 0 aromatic rings. The second-order valence-electron chi connectivity index (χ2n) is 5.98. The van der Waals surface area contributed by atoms with Crippen LogP contribution in [0.25, 0.3) is 0 Å². The summed E-state index contributed by atoms with van der Waals surface area (Å²) in [6, 6.07) is -0.0911. The number of piperidine rings is 1. The molecule has 1 aliphatic rings. The normalized spacial score (nSPS) is 18.6. The van der Waals surface area contributed by atoms with Gasteiger partial charge in [-0.2, -0.15) is 0 Å². The number of alkyl carbamates (subject to hydrolysis) is 1. The Morgan fingerprint density at radius 2 is 1.84 bits per heavy atom. The van der Waals surface area contributed by atoms with E-state index in [9.17, 15) is 4.79 Å². The van der Waals surface area contributed by atoms with E-state index in [1.165, 1.54) is 0 Å². The molecule has 0 radical (unpaired) electrons. The van der Waals surface area contributed by atoms with E-state index in [0.717, 1.165) is 25.9 Å². The van der Waals surface area contributed by atoms with Crippen LogP contribution >= 0.6 is 0 Å². The van der Waals surface area contributed by atoms with Crippen LogP contribution in [0.15, 0.2) is 0 Å². The van der Waals surface area contributed by atoms with Crippen molar-refractivity contribution in [3.05, 3.63) is 0 Å². The van der Waals surface area contributed by atoms with Crippen molar-refractivity contribution in [1.82, 2.24) is 10.2 Å². The van der Waals surface area contributed by atoms with Crippen LogP contribution in [0.1, 0.15) is 33.6 Å². The molecule has 1 fully saturated rings. The highest BCUT2D eigenvalue weighted by Crippen LogP contribution is 2.14. The fourth-order valence-electron chi connectivity index (χ4n) is 2.17. The van der Waals surface area contributed by atoms with Crippen molar-refractivity contribution < 1.29 is 19.7 Å². The lowest BCUT2D eigenvalue weighted by Gasteiger charge is -2.36. The van der Waals surface area contributed by atoms with Gasteiger partial charge >= 0.3 is 6.09 Å². The molecule has 112 valence electrons. The molecule has 0 aliphatic carbocycles. The van der Waals surface area contributed by atoms with Crippen LogP contribution in [0.5, 0.6) is 0 Å². The Labute approximate surface area is 114 Å². The molecule has 6 heteroatoms. The maximum atomic E-state index is 11.6. The summed E-state index contributed by atoms with van der Waals surface area (Å²) < 4.78 is 5.21. The number of carbonyl (C=O) groups is 1. The topological polar surface area (TPSA) is 82.0 Å². The summed E-state index contributed by atoms with van der Waals surface area (Å²) in [5.41, 5.74) is -0.482. The number of amides is 1. The number of ether oxygens (including phenoxy) is 1. The summed E-state index contributed by atoms with van der Waals surface area (Å²) in [7, 11) is 0. The lowest BCUT2D eigenvalue weighted by atomic mass is 10.0. The van der Waals surface area contributed by atoms with Crippen molar-refractivity contribution in [2.45, 2.75) is 51.3 Å². The largest absolute Gasteiger partial charge is 0.444 e. The maximum Gasteiger partial charge on any atom is 0.407 e. The van der Waals surface area contributed by atoms with Crippen molar-refractivity contribution in [2.75, 3.05) is 26.3 Å². The highest BCUT2D eigenvalue weighted by Gasteiger charge is 2.26. The third-order valence-corrected chi connectivity index (χ3v) is 3.19. The Kier molecular flexibility index (Phi) is 6.03. The second kappa shape index (κ2) is 7.07. The number of aliphatic hydroxyl groups is 2. The molecule has 0 unspecified atom stereocenters. The van der Waals surface area contributed by atoms with Crippen molar-refractivity contribution in [3.8, 4) is 0 Å². The fraction of sp³-hybridized carbons (Fsp3) is 0.923. The Hall–Kier alpha value is -0.850. The molecule has 0 saturated carbocycles. The van der Waals surface area contributed by atoms with Gasteiger partial charge in [0, 0.05) is 19.1 Å². The first kappa shape index (κ1) is 16.2. The number of nitrogens with zero attached hydrogens (tertiary/aromatic N) is 1. The predicted molar refractivity (Wildman–Crippen MR) is 71.9 cm³/mol. The van der Waals surface area contributed by atoms with Crippen LogP contribution in [-0.4, -0.2) is 65.2 Å². The Morgan fingerprint density at radius 3 is 2.26 bits per heavy atom. The zero-order chi connectivity index (χ0) is 14.5. The van der Waals surface area contributed by atoms with E-state index in [4.69, 9.17) is 14.9 Å². The maximum absolute atomic E-state index is 11.6. The van der Waals surface area contributed by atoms with E-state index in [1.807, 2.05) is 25.7 Å². The van der Waals surface area contributed by atoms with Gasteiger partial charge in [-0.15, -0.1) is 0 Å². The average Bonchev–Trinajstić information content (AvgIpc) is 2.30. The first-order chi connectivity index (χ1) is 8.85. The molecule has 1 amide bonds. The van der Waals surface area contributed by atoms with Gasteiger partial charge in [-0.25, -0.2) is 4.79 Å². The SMILES string of the molecule is CC(C)(C)OC(=O)NC1CCN(C(CO)CO)CC1. The molecule has 1 rings (SSSR count). The standard InChI is InChI=1S/C13H26N2O4/c1-13(2,3)19-12(18)14-10-4-6-15(7-5-10)11(8-16)9-17/h10-11,16-17H,4-9H2,1-3H3,(H,14,18). The molecule has 0 bridgehead atoms. The molecule has 1 aliphatic heterocycles. The molecule has 1 heterocycles. The predicted octanol–water partition coefficient (Wildman–Crippen LogP) is 0.329. The average molecular weight is 274 g/mol. The van der Waals surface area contributed by atoms with Crippen LogP contribution in [0.2, 0.25) is 0 Å². The number of aliphatic hydroxyl groups excluding tert-OH is 2. The van der Waals surface area contributed by atoms with Gasteiger partial charge in [-0.3, -0.25) is 4.90 Å². The molecule has 1 saturated heterocycles. The highest BCUT2D eigenvalue weighted by atomic mass is 16.6. The summed E-state index contributed by atoms with van der Waals surface area (Å²) in [5, 5.41) is 21.1. The summed E-state index contributed by atoms with van der Waals surface area (Å²) in [6.45, 7) is 6.94. The zero-order valence-corrected chi connectivity index (χ0v) is 12.1. The minimum absolute atomic E-state index is 0.0410. The lowest BCUT2D eigenvalue weighted by Crippen LogP contribution is -2.50. The van der Waals surface area contributed by atoms with E-state index in [1.54, 1.807) is 0 Å². The first-order valence-corrected chi connectivity index (χ1v) is 6.81. The Morgan fingerprint density at radius 1 is 1.32 bits per heavy atom. The van der Waals surface area contributed by atoms with Crippen LogP contribution < -0.4 is 5.32 Å².